The van der Waals surface area contributed by atoms with E-state index in [0.29, 0.717) is 18.2 Å². The molecular formula is C44H62N10O4S2. The molecule has 2 aromatic heterocycles. The van der Waals surface area contributed by atoms with Gasteiger partial charge < -0.3 is 34.8 Å². The Morgan fingerprint density at radius 3 is 1.43 bits per heavy atom. The third-order valence-corrected chi connectivity index (χ3v) is 10.4. The first kappa shape index (κ1) is 47.4. The summed E-state index contributed by atoms with van der Waals surface area (Å²) >= 11 is 9.77. The molecule has 0 atom stereocenters. The number of amides is 2. The van der Waals surface area contributed by atoms with Gasteiger partial charge in [0.15, 0.2) is 5.11 Å². The van der Waals surface area contributed by atoms with Crippen molar-refractivity contribution >= 4 is 69.6 Å². The SMILES string of the molecule is CCN(C(=O)OC(C)(C)C)C1CCN(c2ccc(N)cc2)CC1.CCN(C(=O)OC(C)(C)C)C1CCN(c2ccc(N=C=S)cc2)CC1.S=C(n1ccnc1)n1ccnc1. The Hall–Kier alpha value is -5.31. The third-order valence-electron chi connectivity index (χ3n) is 9.85. The number of hydrogen-bond acceptors (Lipinski definition) is 12. The zero-order chi connectivity index (χ0) is 43.9. The molecule has 2 N–H and O–H groups in total. The molecule has 0 radical (unpaired) electrons. The van der Waals surface area contributed by atoms with Gasteiger partial charge in [-0.1, -0.05) is 0 Å². The van der Waals surface area contributed by atoms with Crippen LogP contribution in [0.4, 0.5) is 32.3 Å². The molecule has 0 aliphatic carbocycles. The molecule has 2 aliphatic rings. The number of hydrogen-bond donors (Lipinski definition) is 1. The topological polar surface area (TPSA) is 140 Å². The van der Waals surface area contributed by atoms with Crippen molar-refractivity contribution in [2.75, 3.05) is 54.8 Å². The molecule has 14 nitrogen and oxygen atoms in total. The minimum Gasteiger partial charge on any atom is -0.444 e. The molecule has 2 fully saturated rings. The minimum atomic E-state index is -0.460. The van der Waals surface area contributed by atoms with Crippen LogP contribution in [0.15, 0.2) is 91.0 Å². The van der Waals surface area contributed by atoms with E-state index in [4.69, 9.17) is 27.4 Å². The van der Waals surface area contributed by atoms with E-state index in [0.717, 1.165) is 63.2 Å². The number of rotatable bonds is 7. The maximum atomic E-state index is 12.4. The zero-order valence-corrected chi connectivity index (χ0v) is 38.0. The van der Waals surface area contributed by atoms with Crippen molar-refractivity contribution in [3.63, 3.8) is 0 Å². The maximum absolute atomic E-state index is 12.4. The van der Waals surface area contributed by atoms with Gasteiger partial charge in [-0.15, -0.1) is 0 Å². The normalized spacial score (nSPS) is 14.7. The second kappa shape index (κ2) is 22.3. The van der Waals surface area contributed by atoms with Gasteiger partial charge in [-0.05, 0) is 154 Å². The third kappa shape index (κ3) is 14.8. The Balaban J connectivity index is 0.000000209. The van der Waals surface area contributed by atoms with Crippen molar-refractivity contribution in [2.45, 2.75) is 104 Å². The highest BCUT2D eigenvalue weighted by Gasteiger charge is 2.31. The van der Waals surface area contributed by atoms with Crippen molar-refractivity contribution < 1.29 is 19.1 Å². The number of anilines is 3. The maximum Gasteiger partial charge on any atom is 0.410 e. The number of isothiocyanates is 1. The van der Waals surface area contributed by atoms with Crippen molar-refractivity contribution in [2.24, 2.45) is 4.99 Å². The van der Waals surface area contributed by atoms with Gasteiger partial charge in [-0.25, -0.2) is 19.6 Å². The number of benzene rings is 2. The smallest absolute Gasteiger partial charge is 0.410 e. The lowest BCUT2D eigenvalue weighted by Gasteiger charge is -2.39. The monoisotopic (exact) mass is 858 g/mol. The van der Waals surface area contributed by atoms with Gasteiger partial charge in [0.1, 0.15) is 23.9 Å². The highest BCUT2D eigenvalue weighted by molar-refractivity contribution is 7.80. The van der Waals surface area contributed by atoms with Gasteiger partial charge in [-0.2, -0.15) is 4.99 Å². The first-order chi connectivity index (χ1) is 28.5. The Kier molecular flexibility index (Phi) is 17.6. The first-order valence-corrected chi connectivity index (χ1v) is 21.4. The van der Waals surface area contributed by atoms with Crippen molar-refractivity contribution in [3.05, 3.63) is 86.0 Å². The average Bonchev–Trinajstić information content (AvgIpc) is 3.95. The number of aliphatic imine (C=N–C) groups is 1. The predicted octanol–water partition coefficient (Wildman–Crippen LogP) is 8.90. The van der Waals surface area contributed by atoms with E-state index in [1.807, 2.05) is 89.5 Å². The first-order valence-electron chi connectivity index (χ1n) is 20.5. The fraction of sp³-hybridized carbons (Fsp3) is 0.500. The highest BCUT2D eigenvalue weighted by Crippen LogP contribution is 2.27. The summed E-state index contributed by atoms with van der Waals surface area (Å²) in [5.74, 6) is 0. The number of carbonyl (C=O) groups is 2. The van der Waals surface area contributed by atoms with E-state index >= 15 is 0 Å². The van der Waals surface area contributed by atoms with Crippen LogP contribution in [0.1, 0.15) is 81.1 Å². The summed E-state index contributed by atoms with van der Waals surface area (Å²) in [4.78, 5) is 44.9. The Bertz CT molecular complexity index is 1920. The molecule has 0 unspecified atom stereocenters. The van der Waals surface area contributed by atoms with Gasteiger partial charge in [0, 0.05) is 93.2 Å². The lowest BCUT2D eigenvalue weighted by molar-refractivity contribution is 0.0138. The Morgan fingerprint density at radius 2 is 1.12 bits per heavy atom. The number of aromatic nitrogens is 4. The van der Waals surface area contributed by atoms with Crippen LogP contribution >= 0.6 is 24.4 Å². The quantitative estimate of drug-likeness (QED) is 0.108. The van der Waals surface area contributed by atoms with E-state index < -0.39 is 11.2 Å². The van der Waals surface area contributed by atoms with Gasteiger partial charge in [0.2, 0.25) is 0 Å². The van der Waals surface area contributed by atoms with E-state index in [1.54, 1.807) is 46.6 Å². The summed E-state index contributed by atoms with van der Waals surface area (Å²) in [6.45, 7) is 20.5. The molecule has 60 heavy (non-hydrogen) atoms. The highest BCUT2D eigenvalue weighted by atomic mass is 32.1. The second-order valence-electron chi connectivity index (χ2n) is 16.5. The number of imidazole rings is 2. The van der Waals surface area contributed by atoms with Crippen molar-refractivity contribution in [1.29, 1.82) is 0 Å². The molecule has 0 bridgehead atoms. The summed E-state index contributed by atoms with van der Waals surface area (Å²) < 4.78 is 14.6. The number of piperidine rings is 2. The summed E-state index contributed by atoms with van der Waals surface area (Å²) in [6.07, 6.45) is 13.6. The molecule has 324 valence electrons. The summed E-state index contributed by atoms with van der Waals surface area (Å²) in [7, 11) is 0. The predicted molar refractivity (Wildman–Crippen MR) is 248 cm³/mol. The van der Waals surface area contributed by atoms with E-state index in [9.17, 15) is 9.59 Å². The van der Waals surface area contributed by atoms with E-state index in [2.05, 4.69) is 66.4 Å². The molecule has 0 saturated carbocycles. The van der Waals surface area contributed by atoms with E-state index in [1.165, 1.54) is 11.4 Å². The van der Waals surface area contributed by atoms with Crippen LogP contribution in [0.3, 0.4) is 0 Å². The second-order valence-corrected chi connectivity index (χ2v) is 17.1. The molecule has 2 aliphatic heterocycles. The number of carbonyl (C=O) groups excluding carboxylic acids is 2. The molecule has 4 aromatic rings. The standard InChI is InChI=1S/C19H27N3O2S.C18H29N3O2.C7H6N4S/c1-5-22(18(23)24-19(2,3)4)17-10-12-21(13-11-17)16-8-6-15(7-9-16)20-14-25;1-5-21(17(22)23-18(2,3)4)16-10-12-20(13-11-16)15-8-6-14(19)7-9-15;12-7(10-3-1-8-5-10)11-4-2-9-6-11/h6-9,17H,5,10-13H2,1-4H3;6-9,16H,5,10-13,19H2,1-4H3;1-6H. The van der Waals surface area contributed by atoms with Crippen LogP contribution in [0.25, 0.3) is 0 Å². The van der Waals surface area contributed by atoms with Crippen LogP contribution in [0.5, 0.6) is 0 Å². The fourth-order valence-corrected chi connectivity index (χ4v) is 7.26. The van der Waals surface area contributed by atoms with Gasteiger partial charge in [-0.3, -0.25) is 9.13 Å². The van der Waals surface area contributed by atoms with Gasteiger partial charge in [0.25, 0.3) is 0 Å². The van der Waals surface area contributed by atoms with Crippen LogP contribution in [0.2, 0.25) is 0 Å². The molecule has 6 rings (SSSR count). The van der Waals surface area contributed by atoms with Gasteiger partial charge >= 0.3 is 12.2 Å². The van der Waals surface area contributed by atoms with Gasteiger partial charge in [0.05, 0.1) is 10.8 Å². The molecular weight excluding hydrogens is 797 g/mol. The minimum absolute atomic E-state index is 0.203. The number of nitrogen functional groups attached to an aromatic ring is 1. The number of nitrogens with zero attached hydrogens (tertiary/aromatic N) is 9. The molecule has 2 aromatic carbocycles. The Morgan fingerprint density at radius 1 is 0.733 bits per heavy atom. The number of thiocarbonyl (C=S) groups is 2. The molecule has 4 heterocycles. The van der Waals surface area contributed by atoms with Crippen molar-refractivity contribution in [3.8, 4) is 0 Å². The van der Waals surface area contributed by atoms with Crippen LogP contribution in [0, 0.1) is 0 Å². The van der Waals surface area contributed by atoms with Crippen molar-refractivity contribution in [1.82, 2.24) is 28.9 Å². The zero-order valence-electron chi connectivity index (χ0n) is 36.4. The fourth-order valence-electron chi connectivity index (χ4n) is 6.94. The molecule has 0 spiro atoms. The van der Waals surface area contributed by atoms with Crippen LogP contribution in [-0.4, -0.2) is 114 Å². The largest absolute Gasteiger partial charge is 0.444 e. The Labute approximate surface area is 366 Å². The van der Waals surface area contributed by atoms with Crippen LogP contribution in [-0.2, 0) is 9.47 Å². The molecule has 16 heteroatoms. The van der Waals surface area contributed by atoms with E-state index in [-0.39, 0.29) is 24.3 Å². The lowest BCUT2D eigenvalue weighted by atomic mass is 10.0. The summed E-state index contributed by atoms with van der Waals surface area (Å²) in [5.41, 5.74) is 8.79. The number of ether oxygens (including phenoxy) is 2. The average molecular weight is 859 g/mol. The summed E-state index contributed by atoms with van der Waals surface area (Å²) in [5, 5.41) is 3.02. The van der Waals surface area contributed by atoms with Crippen LogP contribution < -0.4 is 15.5 Å². The lowest BCUT2D eigenvalue weighted by Crippen LogP contribution is -2.48. The summed E-state index contributed by atoms with van der Waals surface area (Å²) in [6, 6.07) is 16.5. The molecule has 2 saturated heterocycles. The molecule has 2 amide bonds. The number of nitrogens with two attached hydrogens (primary N) is 1.